The molecule has 0 aliphatic carbocycles. The number of hydrogen-bond acceptors (Lipinski definition) is 9. The third kappa shape index (κ3) is 37.9. The maximum atomic E-state index is 12.2. The molecule has 0 aliphatic rings. The molecule has 0 fully saturated rings. The van der Waals surface area contributed by atoms with Crippen LogP contribution >= 0.6 is 0 Å². The van der Waals surface area contributed by atoms with Gasteiger partial charge in [-0.3, -0.25) is 4.79 Å². The van der Waals surface area contributed by atoms with Crippen LogP contribution in [0.15, 0.2) is 24.3 Å². The molecule has 0 spiro atoms. The second kappa shape index (κ2) is 38.1. The average Bonchev–Trinajstić information content (AvgIpc) is 3.18. The van der Waals surface area contributed by atoms with Gasteiger partial charge in [-0.1, -0.05) is 131 Å². The molecule has 57 heavy (non-hydrogen) atoms. The van der Waals surface area contributed by atoms with Gasteiger partial charge in [-0.05, 0) is 70.3 Å². The van der Waals surface area contributed by atoms with Gasteiger partial charge in [0, 0.05) is 31.6 Å². The molecule has 7 unspecified atom stereocenters. The molecular weight excluding hydrogens is 725 g/mol. The number of aliphatic carboxylic acids is 1. The summed E-state index contributed by atoms with van der Waals surface area (Å²) in [5.74, 6) is 16.0. The highest BCUT2D eigenvalue weighted by molar-refractivity contribution is 5.86. The number of carbonyl (C=O) groups is 2. The summed E-state index contributed by atoms with van der Waals surface area (Å²) in [4.78, 5) is 22.6. The molecule has 0 radical (unpaired) electrons. The minimum Gasteiger partial charge on any atom is -0.472 e. The molecule has 0 heterocycles. The Morgan fingerprint density at radius 3 is 1.74 bits per heavy atom. The smallest absolute Gasteiger partial charge is 0.381 e. The third-order valence-electron chi connectivity index (χ3n) is 9.42. The number of unbranched alkanes of at least 4 members (excludes halogenated alkanes) is 15. The highest BCUT2D eigenvalue weighted by Crippen LogP contribution is 2.15. The topological polar surface area (TPSA) is 196 Å². The van der Waals surface area contributed by atoms with Crippen molar-refractivity contribution in [1.82, 2.24) is 0 Å². The predicted molar refractivity (Wildman–Crippen MR) is 225 cm³/mol. The van der Waals surface area contributed by atoms with Crippen LogP contribution in [0.4, 0.5) is 0 Å². The average molecular weight is 797 g/mol. The first kappa shape index (κ1) is 53.6. The predicted octanol–water partition coefficient (Wildman–Crippen LogP) is 6.06. The van der Waals surface area contributed by atoms with E-state index in [2.05, 4.69) is 35.5 Å². The second-order valence-corrected chi connectivity index (χ2v) is 14.8. The van der Waals surface area contributed by atoms with Gasteiger partial charge in [0.25, 0.3) is 0 Å². The summed E-state index contributed by atoms with van der Waals surface area (Å²) in [6.45, 7) is 0. The molecular formula is C47H72O10. The Kier molecular flexibility index (Phi) is 35.8. The molecule has 0 aromatic rings. The lowest BCUT2D eigenvalue weighted by Gasteiger charge is -2.12. The Labute approximate surface area is 343 Å². The fraction of sp³-hybridized carbons (Fsp3) is 0.702. The fourth-order valence-corrected chi connectivity index (χ4v) is 6.00. The van der Waals surface area contributed by atoms with Crippen molar-refractivity contribution in [2.75, 3.05) is 0 Å². The number of rotatable bonds is 33. The van der Waals surface area contributed by atoms with Gasteiger partial charge in [0.1, 0.15) is 18.0 Å². The molecule has 320 valence electrons. The van der Waals surface area contributed by atoms with Crippen molar-refractivity contribution in [1.29, 1.82) is 0 Å². The number of hydrogen-bond donors (Lipinski definition) is 8. The molecule has 10 nitrogen and oxygen atoms in total. The standard InChI is InChI=1S/C47H72O10/c1-2-39(48)35-36-44(53)33-24-32-43(52)31-23-30-42(51)27-19-15-14-18-26-41(50)29-21-16-20-28-40(49)25-17-12-10-8-6-4-3-5-7-9-11-13-22-34-45(54)46(55)37-38-47(56)57/h1,21,29,35-36,39,41-46,48,50-55H,3-18,20,22,24-26,28,31-34H2,(H,56,57)/b29-21+,36-35+. The van der Waals surface area contributed by atoms with E-state index in [-0.39, 0.29) is 6.42 Å². The first-order chi connectivity index (χ1) is 27.4. The second-order valence-electron chi connectivity index (χ2n) is 14.8. The summed E-state index contributed by atoms with van der Waals surface area (Å²) in [6, 6.07) is 0. The van der Waals surface area contributed by atoms with E-state index in [1.54, 1.807) is 6.08 Å². The SMILES string of the molecule is C#CC(O)/C=C/C(O)CCCC(O)CC#CC(O)C#CCCCCC(O)/C=C/CCCC(=O)CCCCCCCCCCCCCCCC(O)C(O)C#CC(=O)O. The van der Waals surface area contributed by atoms with Crippen molar-refractivity contribution in [3.05, 3.63) is 24.3 Å². The zero-order valence-corrected chi connectivity index (χ0v) is 34.2. The minimum absolute atomic E-state index is 0.195. The minimum atomic E-state index is -1.32. The van der Waals surface area contributed by atoms with Gasteiger partial charge in [-0.2, -0.15) is 0 Å². The number of allylic oxidation sites excluding steroid dienone is 1. The summed E-state index contributed by atoms with van der Waals surface area (Å²) in [7, 11) is 0. The first-order valence-electron chi connectivity index (χ1n) is 21.2. The summed E-state index contributed by atoms with van der Waals surface area (Å²) in [5, 5.41) is 77.1. The molecule has 0 saturated heterocycles. The summed E-state index contributed by atoms with van der Waals surface area (Å²) < 4.78 is 0. The largest absolute Gasteiger partial charge is 0.472 e. The van der Waals surface area contributed by atoms with Gasteiger partial charge in [0.15, 0.2) is 6.10 Å². The summed E-state index contributed by atoms with van der Waals surface area (Å²) in [6.07, 6.45) is 27.4. The fourth-order valence-electron chi connectivity index (χ4n) is 6.00. The van der Waals surface area contributed by atoms with E-state index < -0.39 is 48.7 Å². The van der Waals surface area contributed by atoms with Crippen molar-refractivity contribution in [3.63, 3.8) is 0 Å². The number of carbonyl (C=O) groups excluding carboxylic acids is 1. The highest BCUT2D eigenvalue weighted by atomic mass is 16.4. The lowest BCUT2D eigenvalue weighted by Crippen LogP contribution is -2.24. The van der Waals surface area contributed by atoms with Crippen LogP contribution in [-0.4, -0.2) is 95.3 Å². The lowest BCUT2D eigenvalue weighted by molar-refractivity contribution is -0.130. The maximum absolute atomic E-state index is 12.2. The van der Waals surface area contributed by atoms with Crippen molar-refractivity contribution in [2.45, 2.75) is 210 Å². The molecule has 7 atom stereocenters. The van der Waals surface area contributed by atoms with Crippen LogP contribution in [0.3, 0.4) is 0 Å². The van der Waals surface area contributed by atoms with E-state index >= 15 is 0 Å². The van der Waals surface area contributed by atoms with Gasteiger partial charge in [-0.25, -0.2) is 4.79 Å². The Balaban J connectivity index is 3.68. The van der Waals surface area contributed by atoms with Crippen LogP contribution in [0.1, 0.15) is 167 Å². The quantitative estimate of drug-likeness (QED) is 0.0220. The summed E-state index contributed by atoms with van der Waals surface area (Å²) in [5.41, 5.74) is 0. The van der Waals surface area contributed by atoms with Crippen molar-refractivity contribution in [3.8, 4) is 47.9 Å². The number of aliphatic hydroxyl groups excluding tert-OH is 7. The van der Waals surface area contributed by atoms with Crippen LogP contribution in [0.5, 0.6) is 0 Å². The van der Waals surface area contributed by atoms with Crippen LogP contribution in [0, 0.1) is 47.9 Å². The Morgan fingerprint density at radius 2 is 1.11 bits per heavy atom. The number of ketones is 1. The normalized spacial score (nSPS) is 14.8. The summed E-state index contributed by atoms with van der Waals surface area (Å²) >= 11 is 0. The zero-order chi connectivity index (χ0) is 42.4. The number of carboxylic acid groups (broad SMARTS) is 1. The number of terminal acetylenes is 1. The molecule has 8 N–H and O–H groups in total. The van der Waals surface area contributed by atoms with Gasteiger partial charge < -0.3 is 40.9 Å². The van der Waals surface area contributed by atoms with Crippen LogP contribution in [-0.2, 0) is 9.59 Å². The van der Waals surface area contributed by atoms with E-state index in [4.69, 9.17) is 11.5 Å². The van der Waals surface area contributed by atoms with Crippen molar-refractivity contribution < 1.29 is 50.4 Å². The molecule has 0 rings (SSSR count). The number of Topliss-reactive ketones (excluding diaryl/α,β-unsaturated/α-hetero) is 1. The van der Waals surface area contributed by atoms with E-state index in [0.717, 1.165) is 64.2 Å². The highest BCUT2D eigenvalue weighted by Gasteiger charge is 2.13. The van der Waals surface area contributed by atoms with E-state index in [1.807, 2.05) is 12.0 Å². The molecule has 0 amide bonds. The van der Waals surface area contributed by atoms with E-state index in [9.17, 15) is 45.3 Å². The number of aliphatic hydroxyl groups is 7. The van der Waals surface area contributed by atoms with Crippen LogP contribution in [0.25, 0.3) is 0 Å². The molecule has 0 aromatic carbocycles. The van der Waals surface area contributed by atoms with Gasteiger partial charge in [0.2, 0.25) is 0 Å². The van der Waals surface area contributed by atoms with Gasteiger partial charge >= 0.3 is 5.97 Å². The van der Waals surface area contributed by atoms with E-state index in [1.165, 1.54) is 57.1 Å². The Morgan fingerprint density at radius 1 is 0.561 bits per heavy atom. The van der Waals surface area contributed by atoms with Crippen molar-refractivity contribution in [2.24, 2.45) is 0 Å². The third-order valence-corrected chi connectivity index (χ3v) is 9.42. The van der Waals surface area contributed by atoms with Crippen molar-refractivity contribution >= 4 is 11.8 Å². The zero-order valence-electron chi connectivity index (χ0n) is 34.2. The molecule has 0 aliphatic heterocycles. The Bertz CT molecular complexity index is 1330. The van der Waals surface area contributed by atoms with Gasteiger partial charge in [0.05, 0.1) is 24.4 Å². The maximum Gasteiger partial charge on any atom is 0.381 e. The molecule has 0 saturated carbocycles. The van der Waals surface area contributed by atoms with Crippen LogP contribution < -0.4 is 0 Å². The molecule has 10 heteroatoms. The van der Waals surface area contributed by atoms with Crippen LogP contribution in [0.2, 0.25) is 0 Å². The van der Waals surface area contributed by atoms with E-state index in [0.29, 0.717) is 57.1 Å². The first-order valence-corrected chi connectivity index (χ1v) is 21.2. The van der Waals surface area contributed by atoms with Gasteiger partial charge in [-0.15, -0.1) is 6.42 Å². The Hall–Kier alpha value is -3.42. The molecule has 0 bridgehead atoms. The molecule has 0 aromatic heterocycles. The lowest BCUT2D eigenvalue weighted by atomic mass is 10.0. The number of carboxylic acids is 1. The monoisotopic (exact) mass is 797 g/mol.